The number of rotatable bonds is 3. The maximum absolute atomic E-state index is 10.1. The summed E-state index contributed by atoms with van der Waals surface area (Å²) in [6.45, 7) is 11.3. The SMILES string of the molecule is CC(=O)NS(C)(=O)=O.CC(C)=O.CCC.CNC.CNC(=O)NC.CNC(=O)OC.CNC(C)=O.CNS(C)(=O)=O.COC.COC(=O)OC.COC(C)=O.COS(C)(=O)=O.CS(C)(=O)=O.CS(C)=O.CSC. The van der Waals surface area contributed by atoms with E-state index in [2.05, 4.69) is 73.0 Å². The fraction of sp³-hybridized carbons (Fsp3) is 0.816. The third-order valence-corrected chi connectivity index (χ3v) is 4.82. The molecule has 0 fully saturated rings. The molecule has 0 heterocycles. The predicted octanol–water partition coefficient (Wildman–Crippen LogP) is 0.433. The van der Waals surface area contributed by atoms with Crippen molar-refractivity contribution in [3.8, 4) is 0 Å². The highest BCUT2D eigenvalue weighted by Gasteiger charge is 2.00. The first-order valence-corrected chi connectivity index (χ1v) is 31.0. The van der Waals surface area contributed by atoms with E-state index in [0.29, 0.717) is 0 Å². The number of alkyl carbamates (subject to hydrolysis) is 1. The standard InChI is InChI=1S/C3H8N2O.C3H7NO3S.C3H7NO2.C3H7NO.C3H6O3.C3H6O2.C3H6O.C3H8.C2H7NO2S.C2H7N.C2H6O3S.C2H6O2S.C2H6OS.C2H6O.C2H6S/c1-4-3(6)5-2;1-3(5)4-8(2,6)7;1-4-3(5)6-2;1-3(5)4-2;1-5-3(4)6-2;1-3(4)5-2;1-3(2)4;1-3-2;1-3-6(2,4)5;1-3-2;1-5-6(2,3)4;1-5(2,3)4;1-4(2)3;2*1-3-2/h1-2H3,(H2,4,5,6);1-2H3,(H,4,5);1-2H3,(H,4,5);1-2H3,(H,4,5);1-2H3;1-2H3;1-2H3;3H2,1-2H3;3H,1-2H3;3H,1-2H3;1-2H3;1-2H3;1-2H3;2*1-2H3. The summed E-state index contributed by atoms with van der Waals surface area (Å²) >= 11 is 1.75. The largest absolute Gasteiger partial charge is 0.507 e. The minimum absolute atomic E-state index is 0.00463. The van der Waals surface area contributed by atoms with Crippen LogP contribution in [0.2, 0.25) is 0 Å². The van der Waals surface area contributed by atoms with Crippen molar-refractivity contribution in [2.24, 2.45) is 0 Å². The van der Waals surface area contributed by atoms with Gasteiger partial charge in [-0.1, -0.05) is 20.3 Å². The number of urea groups is 1. The van der Waals surface area contributed by atoms with Gasteiger partial charge in [0, 0.05) is 99.0 Å². The highest BCUT2D eigenvalue weighted by molar-refractivity contribution is 7.97. The van der Waals surface area contributed by atoms with E-state index in [-0.39, 0.29) is 23.7 Å². The average Bonchev–Trinajstić information content (AvgIpc) is 3.23. The van der Waals surface area contributed by atoms with Crippen LogP contribution >= 0.6 is 11.8 Å². The molecule has 0 radical (unpaired) electrons. The molecule has 0 unspecified atom stereocenters. The summed E-state index contributed by atoms with van der Waals surface area (Å²) in [5.41, 5.74) is 0. The number of ketones is 1. The summed E-state index contributed by atoms with van der Waals surface area (Å²) in [5, 5.41) is 12.1. The summed E-state index contributed by atoms with van der Waals surface area (Å²) in [4.78, 5) is 68.2. The average molecular weight is 1200 g/mol. The van der Waals surface area contributed by atoms with Gasteiger partial charge in [0.05, 0.1) is 54.3 Å². The molecule has 35 heteroatoms. The van der Waals surface area contributed by atoms with Crippen molar-refractivity contribution < 1.29 is 99.3 Å². The van der Waals surface area contributed by atoms with Crippen molar-refractivity contribution >= 4 is 104 Å². The summed E-state index contributed by atoms with van der Waals surface area (Å²) in [7, 11) is 8.24. The second kappa shape index (κ2) is 87.7. The molecule has 0 saturated carbocycles. The molecule has 73 heavy (non-hydrogen) atoms. The Morgan fingerprint density at radius 2 is 0.712 bits per heavy atom. The second-order valence-corrected chi connectivity index (χ2v) is 21.9. The number of sulfonamides is 2. The van der Waals surface area contributed by atoms with Crippen molar-refractivity contribution in [3.05, 3.63) is 0 Å². The van der Waals surface area contributed by atoms with E-state index < -0.39 is 69.0 Å². The normalized spacial score (nSPS) is 8.37. The molecule has 0 atom stereocenters. The minimum atomic E-state index is -3.32. The van der Waals surface area contributed by atoms with Crippen molar-refractivity contribution in [2.45, 2.75) is 54.9 Å². The maximum Gasteiger partial charge on any atom is 0.507 e. The van der Waals surface area contributed by atoms with Crippen molar-refractivity contribution in [3.63, 3.8) is 0 Å². The van der Waals surface area contributed by atoms with Crippen LogP contribution in [0.5, 0.6) is 0 Å². The van der Waals surface area contributed by atoms with E-state index >= 15 is 0 Å². The van der Waals surface area contributed by atoms with Gasteiger partial charge in [0.1, 0.15) is 15.6 Å². The molecule has 0 aliphatic heterocycles. The number of hydrogen-bond acceptors (Lipinski definition) is 24. The molecule has 0 aromatic carbocycles. The van der Waals surface area contributed by atoms with E-state index in [4.69, 9.17) is 0 Å². The molecule has 7 N–H and O–H groups in total. The van der Waals surface area contributed by atoms with Crippen molar-refractivity contribution in [1.82, 2.24) is 36.0 Å². The molecular formula is C38H99N7O22S6. The van der Waals surface area contributed by atoms with Gasteiger partial charge in [0.2, 0.25) is 31.9 Å². The first-order valence-electron chi connectivity index (χ1n) is 19.5. The Hall–Kier alpha value is -3.97. The number of methoxy groups -OCH3 is 5. The third kappa shape index (κ3) is 559. The molecule has 0 aromatic rings. The van der Waals surface area contributed by atoms with E-state index in [9.17, 15) is 71.4 Å². The van der Waals surface area contributed by atoms with Gasteiger partial charge in [0.15, 0.2) is 0 Å². The minimum Gasteiger partial charge on any atom is -0.469 e. The molecule has 29 nitrogen and oxygen atoms in total. The Labute approximate surface area is 447 Å². The highest BCUT2D eigenvalue weighted by atomic mass is 32.2. The number of thioether (sulfide) groups is 1. The van der Waals surface area contributed by atoms with Gasteiger partial charge in [-0.3, -0.25) is 27.5 Å². The number of hydrogen-bond donors (Lipinski definition) is 7. The molecule has 0 aliphatic carbocycles. The Morgan fingerprint density at radius 1 is 0.521 bits per heavy atom. The Kier molecular flexibility index (Phi) is 132. The number of nitrogens with one attached hydrogen (secondary N) is 7. The summed E-state index contributed by atoms with van der Waals surface area (Å²) in [6.07, 6.45) is 12.9. The van der Waals surface area contributed by atoms with Crippen molar-refractivity contribution in [1.29, 1.82) is 0 Å². The van der Waals surface area contributed by atoms with Gasteiger partial charge in [-0.25, -0.2) is 44.4 Å². The molecule has 0 aliphatic rings. The smallest absolute Gasteiger partial charge is 0.469 e. The Balaban J connectivity index is -0.0000000383. The van der Waals surface area contributed by atoms with E-state index in [1.54, 1.807) is 64.4 Å². The van der Waals surface area contributed by atoms with Crippen LogP contribution < -0.4 is 36.0 Å². The number of ether oxygens (including phenoxy) is 5. The van der Waals surface area contributed by atoms with Gasteiger partial charge < -0.3 is 55.1 Å². The van der Waals surface area contributed by atoms with Crippen LogP contribution in [0.25, 0.3) is 0 Å². The number of esters is 1. The van der Waals surface area contributed by atoms with E-state index in [1.807, 2.05) is 26.6 Å². The van der Waals surface area contributed by atoms with E-state index in [0.717, 1.165) is 45.3 Å². The van der Waals surface area contributed by atoms with E-state index in [1.165, 1.54) is 76.7 Å². The molecule has 0 spiro atoms. The quantitative estimate of drug-likeness (QED) is 0.114. The topological polar surface area (TPSA) is 413 Å². The van der Waals surface area contributed by atoms with Crippen LogP contribution in [0.4, 0.5) is 14.4 Å². The predicted molar refractivity (Wildman–Crippen MR) is 297 cm³/mol. The van der Waals surface area contributed by atoms with Crippen molar-refractivity contribution in [2.75, 3.05) is 155 Å². The molecule has 5 amide bonds. The zero-order valence-electron chi connectivity index (χ0n) is 49.1. The first kappa shape index (κ1) is 109. The third-order valence-electron chi connectivity index (χ3n) is 2.82. The number of carbonyl (C=O) groups excluding carboxylic acids is 7. The van der Waals surface area contributed by atoms with Gasteiger partial charge in [-0.15, -0.1) is 0 Å². The van der Waals surface area contributed by atoms with Gasteiger partial charge in [0.25, 0.3) is 10.1 Å². The lowest BCUT2D eigenvalue weighted by molar-refractivity contribution is -0.138. The molecule has 0 rings (SSSR count). The van der Waals surface area contributed by atoms with Gasteiger partial charge in [-0.05, 0) is 47.5 Å². The number of amides is 5. The summed E-state index contributed by atoms with van der Waals surface area (Å²) in [5.74, 6) is -0.637. The number of Topliss-reactive ketones (excluding diaryl/α,β-unsaturated/α-hetero) is 1. The lowest BCUT2D eigenvalue weighted by atomic mass is 10.6. The Bertz CT molecular complexity index is 1550. The number of carbonyl (C=O) groups is 7. The van der Waals surface area contributed by atoms with Gasteiger partial charge in [-0.2, -0.15) is 20.2 Å². The van der Waals surface area contributed by atoms with Crippen LogP contribution in [-0.2, 0) is 97.8 Å². The molecule has 454 valence electrons. The first-order chi connectivity index (χ1) is 32.6. The maximum atomic E-state index is 10.1. The van der Waals surface area contributed by atoms with Crippen LogP contribution in [0.15, 0.2) is 0 Å². The molecule has 0 bridgehead atoms. The molecular weight excluding hydrogens is 1100 g/mol. The highest BCUT2D eigenvalue weighted by Crippen LogP contribution is 1.76. The number of sulfone groups is 1. The molecule has 0 aromatic heterocycles. The van der Waals surface area contributed by atoms with Crippen LogP contribution in [-0.4, -0.2) is 235 Å². The van der Waals surface area contributed by atoms with Gasteiger partial charge >= 0.3 is 24.2 Å². The second-order valence-electron chi connectivity index (χ2n) is 11.8. The van der Waals surface area contributed by atoms with Crippen LogP contribution in [0.3, 0.4) is 0 Å². The molecule has 0 saturated heterocycles. The monoisotopic (exact) mass is 1200 g/mol. The summed E-state index contributed by atoms with van der Waals surface area (Å²) in [6, 6.07) is -0.157. The lowest BCUT2D eigenvalue weighted by Gasteiger charge is -1.93. The zero-order chi connectivity index (χ0) is 63.2. The lowest BCUT2D eigenvalue weighted by Crippen LogP contribution is -2.28. The van der Waals surface area contributed by atoms with Crippen LogP contribution in [0.1, 0.15) is 54.9 Å². The van der Waals surface area contributed by atoms with Crippen LogP contribution in [0, 0.1) is 0 Å². The zero-order valence-corrected chi connectivity index (χ0v) is 54.0. The fourth-order valence-corrected chi connectivity index (χ4v) is 1.09. The summed E-state index contributed by atoms with van der Waals surface area (Å²) < 4.78 is 117. The Morgan fingerprint density at radius 3 is 0.712 bits per heavy atom. The fourth-order valence-electron chi connectivity index (χ4n) is 0.571.